The number of nitrogens with one attached hydrogen (secondary N) is 2. The Balaban J connectivity index is 0.00000392. The first kappa shape index (κ1) is 24.4. The maximum absolute atomic E-state index is 10.5. The van der Waals surface area contributed by atoms with E-state index in [0.717, 1.165) is 24.5 Å². The molecule has 1 aromatic carbocycles. The van der Waals surface area contributed by atoms with Gasteiger partial charge in [0.15, 0.2) is 11.8 Å². The third-order valence-corrected chi connectivity index (χ3v) is 4.38. The van der Waals surface area contributed by atoms with Crippen LogP contribution >= 0.6 is 24.0 Å². The molecular formula is C20H33IN6O. The summed E-state index contributed by atoms with van der Waals surface area (Å²) in [4.78, 5) is 4.54. The highest BCUT2D eigenvalue weighted by molar-refractivity contribution is 14.0. The molecule has 2 rings (SSSR count). The highest BCUT2D eigenvalue weighted by Crippen LogP contribution is 2.23. The Hall–Kier alpha value is -1.68. The lowest BCUT2D eigenvalue weighted by molar-refractivity contribution is 0.181. The van der Waals surface area contributed by atoms with Gasteiger partial charge in [-0.1, -0.05) is 45.0 Å². The molecule has 0 saturated carbocycles. The average Bonchev–Trinajstić information content (AvgIpc) is 3.10. The molecule has 0 aliphatic rings. The Morgan fingerprint density at radius 3 is 2.43 bits per heavy atom. The van der Waals surface area contributed by atoms with Gasteiger partial charge in [0.2, 0.25) is 0 Å². The predicted molar refractivity (Wildman–Crippen MR) is 124 cm³/mol. The van der Waals surface area contributed by atoms with Crippen LogP contribution in [0.25, 0.3) is 0 Å². The zero-order valence-electron chi connectivity index (χ0n) is 17.4. The zero-order chi connectivity index (χ0) is 19.9. The van der Waals surface area contributed by atoms with Crippen LogP contribution in [0.2, 0.25) is 0 Å². The average molecular weight is 500 g/mol. The fourth-order valence-electron chi connectivity index (χ4n) is 2.67. The summed E-state index contributed by atoms with van der Waals surface area (Å²) in [5.41, 5.74) is 2.24. The van der Waals surface area contributed by atoms with Gasteiger partial charge < -0.3 is 20.3 Å². The van der Waals surface area contributed by atoms with E-state index in [1.165, 1.54) is 5.56 Å². The molecule has 0 spiro atoms. The number of hydrogen-bond donors (Lipinski definition) is 3. The summed E-state index contributed by atoms with van der Waals surface area (Å²) in [6.45, 7) is 12.9. The lowest BCUT2D eigenvalue weighted by Gasteiger charge is -2.20. The van der Waals surface area contributed by atoms with Crippen molar-refractivity contribution in [1.82, 2.24) is 25.4 Å². The number of aryl methyl sites for hydroxylation is 1. The number of aliphatic hydroxyl groups excluding tert-OH is 1. The molecule has 1 atom stereocenters. The molecule has 7 nitrogen and oxygen atoms in total. The first-order valence-corrected chi connectivity index (χ1v) is 9.52. The molecule has 0 aliphatic heterocycles. The van der Waals surface area contributed by atoms with Crippen molar-refractivity contribution < 1.29 is 5.11 Å². The second-order valence-electron chi connectivity index (χ2n) is 7.50. The summed E-state index contributed by atoms with van der Waals surface area (Å²) >= 11 is 0. The number of guanidine groups is 1. The SMILES string of the molecule is CCNC(=NCc1nncn1CC)NCC(O)c1ccc(C(C)(C)C)cc1.I. The standard InChI is InChI=1S/C20H32N6O.HI/c1-6-21-19(23-13-18-25-24-14-26(18)7-2)22-12-17(27)15-8-10-16(11-9-15)20(3,4)5;/h8-11,14,17,27H,6-7,12-13H2,1-5H3,(H2,21,22,23);1H. The minimum atomic E-state index is -0.609. The fraction of sp³-hybridized carbons (Fsp3) is 0.550. The number of aliphatic imine (C=N–C) groups is 1. The molecule has 0 amide bonds. The van der Waals surface area contributed by atoms with Gasteiger partial charge in [-0.15, -0.1) is 34.2 Å². The molecule has 3 N–H and O–H groups in total. The fourth-order valence-corrected chi connectivity index (χ4v) is 2.67. The molecule has 1 unspecified atom stereocenters. The van der Waals surface area contributed by atoms with Crippen molar-refractivity contribution in [3.8, 4) is 0 Å². The molecule has 156 valence electrons. The minimum absolute atomic E-state index is 0. The Bertz CT molecular complexity index is 736. The lowest BCUT2D eigenvalue weighted by Crippen LogP contribution is -2.39. The van der Waals surface area contributed by atoms with Crippen LogP contribution < -0.4 is 10.6 Å². The van der Waals surface area contributed by atoms with Gasteiger partial charge in [-0.2, -0.15) is 0 Å². The maximum atomic E-state index is 10.5. The number of hydrogen-bond acceptors (Lipinski definition) is 4. The molecule has 0 bridgehead atoms. The third-order valence-electron chi connectivity index (χ3n) is 4.38. The molecule has 0 fully saturated rings. The predicted octanol–water partition coefficient (Wildman–Crippen LogP) is 3.00. The maximum Gasteiger partial charge on any atom is 0.191 e. The van der Waals surface area contributed by atoms with Gasteiger partial charge in [0.1, 0.15) is 12.9 Å². The van der Waals surface area contributed by atoms with E-state index in [1.54, 1.807) is 6.33 Å². The molecule has 1 aromatic heterocycles. The quantitative estimate of drug-likeness (QED) is 0.309. The Morgan fingerprint density at radius 1 is 1.18 bits per heavy atom. The normalized spacial score (nSPS) is 13.0. The van der Waals surface area contributed by atoms with E-state index >= 15 is 0 Å². The highest BCUT2D eigenvalue weighted by atomic mass is 127. The number of rotatable bonds is 7. The van der Waals surface area contributed by atoms with E-state index in [9.17, 15) is 5.11 Å². The first-order chi connectivity index (χ1) is 12.8. The second-order valence-corrected chi connectivity index (χ2v) is 7.50. The van der Waals surface area contributed by atoms with Crippen molar-refractivity contribution in [2.24, 2.45) is 4.99 Å². The smallest absolute Gasteiger partial charge is 0.191 e. The van der Waals surface area contributed by atoms with Crippen LogP contribution in [-0.2, 0) is 18.5 Å². The van der Waals surface area contributed by atoms with Gasteiger partial charge in [-0.3, -0.25) is 0 Å². The second kappa shape index (κ2) is 11.4. The Morgan fingerprint density at radius 2 is 1.86 bits per heavy atom. The minimum Gasteiger partial charge on any atom is -0.387 e. The molecular weight excluding hydrogens is 467 g/mol. The van der Waals surface area contributed by atoms with E-state index in [2.05, 4.69) is 58.7 Å². The van der Waals surface area contributed by atoms with Crippen LogP contribution in [0.3, 0.4) is 0 Å². The van der Waals surface area contributed by atoms with E-state index in [0.29, 0.717) is 19.0 Å². The van der Waals surface area contributed by atoms with Crippen molar-refractivity contribution in [1.29, 1.82) is 0 Å². The number of nitrogens with zero attached hydrogens (tertiary/aromatic N) is 4. The summed E-state index contributed by atoms with van der Waals surface area (Å²) < 4.78 is 1.96. The summed E-state index contributed by atoms with van der Waals surface area (Å²) in [6.07, 6.45) is 1.10. The summed E-state index contributed by atoms with van der Waals surface area (Å²) in [6, 6.07) is 8.13. The van der Waals surface area contributed by atoms with Crippen molar-refractivity contribution in [2.45, 2.75) is 59.2 Å². The molecule has 28 heavy (non-hydrogen) atoms. The van der Waals surface area contributed by atoms with Crippen molar-refractivity contribution >= 4 is 29.9 Å². The first-order valence-electron chi connectivity index (χ1n) is 9.52. The van der Waals surface area contributed by atoms with E-state index < -0.39 is 6.10 Å². The zero-order valence-corrected chi connectivity index (χ0v) is 19.8. The Labute approximate surface area is 185 Å². The van der Waals surface area contributed by atoms with Gasteiger partial charge in [-0.05, 0) is 30.4 Å². The highest BCUT2D eigenvalue weighted by Gasteiger charge is 2.15. The monoisotopic (exact) mass is 500 g/mol. The molecule has 8 heteroatoms. The summed E-state index contributed by atoms with van der Waals surface area (Å²) in [7, 11) is 0. The van der Waals surface area contributed by atoms with Crippen molar-refractivity contribution in [2.75, 3.05) is 13.1 Å². The Kier molecular flexibility index (Phi) is 9.88. The molecule has 0 radical (unpaired) electrons. The van der Waals surface area contributed by atoms with Crippen LogP contribution in [0, 0.1) is 0 Å². The number of halogens is 1. The summed E-state index contributed by atoms with van der Waals surface area (Å²) in [5.74, 6) is 1.46. The van der Waals surface area contributed by atoms with Crippen LogP contribution in [-0.4, -0.2) is 38.9 Å². The topological polar surface area (TPSA) is 87.4 Å². The van der Waals surface area contributed by atoms with E-state index in [1.807, 2.05) is 30.5 Å². The van der Waals surface area contributed by atoms with Gasteiger partial charge >= 0.3 is 0 Å². The lowest BCUT2D eigenvalue weighted by atomic mass is 9.86. The van der Waals surface area contributed by atoms with Crippen molar-refractivity contribution in [3.63, 3.8) is 0 Å². The van der Waals surface area contributed by atoms with Crippen LogP contribution in [0.4, 0.5) is 0 Å². The van der Waals surface area contributed by atoms with Crippen molar-refractivity contribution in [3.05, 3.63) is 47.5 Å². The number of aromatic nitrogens is 3. The van der Waals surface area contributed by atoms with Gasteiger partial charge in [0.25, 0.3) is 0 Å². The molecule has 1 heterocycles. The van der Waals surface area contributed by atoms with Gasteiger partial charge in [-0.25, -0.2) is 4.99 Å². The third kappa shape index (κ3) is 7.05. The number of benzene rings is 1. The van der Waals surface area contributed by atoms with E-state index in [4.69, 9.17) is 0 Å². The van der Waals surface area contributed by atoms with Crippen LogP contribution in [0.15, 0.2) is 35.6 Å². The summed E-state index contributed by atoms with van der Waals surface area (Å²) in [5, 5.41) is 24.9. The van der Waals surface area contributed by atoms with Gasteiger partial charge in [0, 0.05) is 19.6 Å². The molecule has 0 saturated heterocycles. The van der Waals surface area contributed by atoms with Crippen LogP contribution in [0.5, 0.6) is 0 Å². The molecule has 0 aliphatic carbocycles. The largest absolute Gasteiger partial charge is 0.387 e. The van der Waals surface area contributed by atoms with Gasteiger partial charge in [0.05, 0.1) is 6.10 Å². The number of aliphatic hydroxyl groups is 1. The van der Waals surface area contributed by atoms with Crippen LogP contribution in [0.1, 0.15) is 57.7 Å². The molecule has 2 aromatic rings. The van der Waals surface area contributed by atoms with E-state index in [-0.39, 0.29) is 29.4 Å².